The lowest BCUT2D eigenvalue weighted by Gasteiger charge is -2.38. The monoisotopic (exact) mass is 408 g/mol. The van der Waals surface area contributed by atoms with E-state index in [0.717, 1.165) is 31.4 Å². The molecule has 0 atom stereocenters. The van der Waals surface area contributed by atoms with E-state index in [-0.39, 0.29) is 11.9 Å². The smallest absolute Gasteiger partial charge is 0.282 e. The van der Waals surface area contributed by atoms with E-state index in [1.165, 1.54) is 10.7 Å². The maximum absolute atomic E-state index is 13.0. The molecule has 1 aromatic rings. The molecule has 0 bridgehead atoms. The summed E-state index contributed by atoms with van der Waals surface area (Å²) < 4.78 is 29.0. The fourth-order valence-electron chi connectivity index (χ4n) is 4.02. The van der Waals surface area contributed by atoms with Crippen LogP contribution in [-0.4, -0.2) is 81.2 Å². The molecule has 2 fully saturated rings. The Balaban J connectivity index is 1.59. The van der Waals surface area contributed by atoms with Crippen molar-refractivity contribution in [3.05, 3.63) is 29.8 Å². The summed E-state index contributed by atoms with van der Waals surface area (Å²) in [6, 6.07) is 7.61. The first-order valence-electron chi connectivity index (χ1n) is 10.1. The van der Waals surface area contributed by atoms with E-state index in [2.05, 4.69) is 0 Å². The molecular weight excluding hydrogens is 376 g/mol. The number of piperazine rings is 1. The summed E-state index contributed by atoms with van der Waals surface area (Å²) in [5, 5.41) is 0. The molecule has 1 amide bonds. The van der Waals surface area contributed by atoms with Gasteiger partial charge in [0.05, 0.1) is 0 Å². The van der Waals surface area contributed by atoms with E-state index >= 15 is 0 Å². The Morgan fingerprint density at radius 3 is 2.04 bits per heavy atom. The summed E-state index contributed by atoms with van der Waals surface area (Å²) in [6.07, 6.45) is 5.27. The van der Waals surface area contributed by atoms with Gasteiger partial charge in [0.25, 0.3) is 16.1 Å². The highest BCUT2D eigenvalue weighted by atomic mass is 32.2. The Labute approximate surface area is 169 Å². The molecule has 156 valence electrons. The number of carbonyl (C=O) groups is 1. The van der Waals surface area contributed by atoms with E-state index in [0.29, 0.717) is 31.7 Å². The number of benzene rings is 1. The van der Waals surface area contributed by atoms with Crippen molar-refractivity contribution < 1.29 is 13.2 Å². The molecule has 1 heterocycles. The molecule has 3 rings (SSSR count). The molecule has 7 nitrogen and oxygen atoms in total. The minimum Gasteiger partial charge on any atom is -0.378 e. The van der Waals surface area contributed by atoms with E-state index in [1.807, 2.05) is 43.3 Å². The van der Waals surface area contributed by atoms with E-state index < -0.39 is 10.2 Å². The van der Waals surface area contributed by atoms with Crippen LogP contribution in [0.25, 0.3) is 0 Å². The van der Waals surface area contributed by atoms with Crippen molar-refractivity contribution in [1.29, 1.82) is 0 Å². The maximum atomic E-state index is 13.0. The third-order valence-electron chi connectivity index (χ3n) is 5.94. The molecule has 0 N–H and O–H groups in total. The molecule has 1 saturated heterocycles. The third kappa shape index (κ3) is 4.50. The van der Waals surface area contributed by atoms with Gasteiger partial charge in [-0.1, -0.05) is 19.3 Å². The van der Waals surface area contributed by atoms with Crippen LogP contribution in [-0.2, 0) is 10.2 Å². The van der Waals surface area contributed by atoms with Crippen LogP contribution in [0.15, 0.2) is 24.3 Å². The fraction of sp³-hybridized carbons (Fsp3) is 0.650. The lowest BCUT2D eigenvalue weighted by Crippen LogP contribution is -2.55. The predicted octanol–water partition coefficient (Wildman–Crippen LogP) is 2.02. The van der Waals surface area contributed by atoms with Gasteiger partial charge in [-0.3, -0.25) is 4.79 Å². The van der Waals surface area contributed by atoms with Crippen LogP contribution in [0.1, 0.15) is 42.5 Å². The molecule has 0 radical (unpaired) electrons. The van der Waals surface area contributed by atoms with Crippen molar-refractivity contribution in [2.45, 2.75) is 38.1 Å². The highest BCUT2D eigenvalue weighted by molar-refractivity contribution is 7.86. The second-order valence-corrected chi connectivity index (χ2v) is 9.94. The lowest BCUT2D eigenvalue weighted by molar-refractivity contribution is 0.0693. The van der Waals surface area contributed by atoms with Crippen molar-refractivity contribution in [3.63, 3.8) is 0 Å². The molecule has 0 aromatic heterocycles. The zero-order chi connectivity index (χ0) is 20.3. The van der Waals surface area contributed by atoms with Gasteiger partial charge in [0, 0.05) is 64.6 Å². The Hall–Kier alpha value is -1.64. The van der Waals surface area contributed by atoms with Gasteiger partial charge < -0.3 is 9.80 Å². The average Bonchev–Trinajstić information content (AvgIpc) is 2.73. The standard InChI is InChI=1S/C20H32N4O3S/c1-21(2)18-11-9-17(10-12-18)20(25)23-13-15-24(16-14-23)28(26,27)22(3)19-7-5-4-6-8-19/h9-12,19H,4-8,13-16H2,1-3H3. The zero-order valence-corrected chi connectivity index (χ0v) is 18.0. The zero-order valence-electron chi connectivity index (χ0n) is 17.2. The summed E-state index contributed by atoms with van der Waals surface area (Å²) in [4.78, 5) is 16.5. The second kappa shape index (κ2) is 8.80. The highest BCUT2D eigenvalue weighted by Gasteiger charge is 2.35. The molecule has 1 aliphatic carbocycles. The quantitative estimate of drug-likeness (QED) is 0.748. The van der Waals surface area contributed by atoms with Crippen LogP contribution in [0.4, 0.5) is 5.69 Å². The van der Waals surface area contributed by atoms with E-state index in [1.54, 1.807) is 16.3 Å². The Morgan fingerprint density at radius 1 is 0.929 bits per heavy atom. The van der Waals surface area contributed by atoms with Gasteiger partial charge >= 0.3 is 0 Å². The molecular formula is C20H32N4O3S. The third-order valence-corrected chi connectivity index (χ3v) is 7.98. The van der Waals surface area contributed by atoms with Crippen LogP contribution in [0, 0.1) is 0 Å². The van der Waals surface area contributed by atoms with Crippen LogP contribution >= 0.6 is 0 Å². The summed E-state index contributed by atoms with van der Waals surface area (Å²) >= 11 is 0. The van der Waals surface area contributed by atoms with Crippen LogP contribution < -0.4 is 4.90 Å². The summed E-state index contributed by atoms with van der Waals surface area (Å²) in [5.41, 5.74) is 1.68. The average molecular weight is 409 g/mol. The number of hydrogen-bond donors (Lipinski definition) is 0. The van der Waals surface area contributed by atoms with Crippen LogP contribution in [0.5, 0.6) is 0 Å². The van der Waals surface area contributed by atoms with Gasteiger partial charge in [-0.2, -0.15) is 17.0 Å². The van der Waals surface area contributed by atoms with Gasteiger partial charge in [0.2, 0.25) is 0 Å². The van der Waals surface area contributed by atoms with E-state index in [4.69, 9.17) is 0 Å². The minimum absolute atomic E-state index is 0.0389. The molecule has 1 aliphatic heterocycles. The Kier molecular flexibility index (Phi) is 6.62. The van der Waals surface area contributed by atoms with Crippen molar-refractivity contribution in [1.82, 2.24) is 13.5 Å². The largest absolute Gasteiger partial charge is 0.378 e. The maximum Gasteiger partial charge on any atom is 0.282 e. The minimum atomic E-state index is -3.47. The fourth-order valence-corrected chi connectivity index (χ4v) is 5.60. The molecule has 0 spiro atoms. The topological polar surface area (TPSA) is 64.2 Å². The molecule has 1 saturated carbocycles. The molecule has 1 aromatic carbocycles. The van der Waals surface area contributed by atoms with Crippen LogP contribution in [0.3, 0.4) is 0 Å². The Bertz CT molecular complexity index is 765. The molecule has 0 unspecified atom stereocenters. The van der Waals surface area contributed by atoms with Crippen molar-refractivity contribution in [3.8, 4) is 0 Å². The van der Waals surface area contributed by atoms with Gasteiger partial charge in [0.1, 0.15) is 0 Å². The van der Waals surface area contributed by atoms with Crippen molar-refractivity contribution >= 4 is 21.8 Å². The number of amides is 1. The van der Waals surface area contributed by atoms with Crippen LogP contribution in [0.2, 0.25) is 0 Å². The number of rotatable bonds is 5. The van der Waals surface area contributed by atoms with Gasteiger partial charge in [-0.15, -0.1) is 0 Å². The highest BCUT2D eigenvalue weighted by Crippen LogP contribution is 2.25. The SMILES string of the molecule is CN(C)c1ccc(C(=O)N2CCN(S(=O)(=O)N(C)C3CCCCC3)CC2)cc1. The molecule has 2 aliphatic rings. The normalized spacial score (nSPS) is 19.8. The summed E-state index contributed by atoms with van der Waals surface area (Å²) in [5.74, 6) is -0.0389. The summed E-state index contributed by atoms with van der Waals surface area (Å²) in [7, 11) is 2.15. The first-order chi connectivity index (χ1) is 13.3. The molecule has 8 heteroatoms. The predicted molar refractivity (Wildman–Crippen MR) is 112 cm³/mol. The number of hydrogen-bond acceptors (Lipinski definition) is 4. The van der Waals surface area contributed by atoms with Gasteiger partial charge in [0.15, 0.2) is 0 Å². The molecule has 28 heavy (non-hydrogen) atoms. The van der Waals surface area contributed by atoms with Gasteiger partial charge in [-0.05, 0) is 37.1 Å². The first kappa shape index (κ1) is 21.1. The number of nitrogens with zero attached hydrogens (tertiary/aromatic N) is 4. The number of carbonyl (C=O) groups excluding carboxylic acids is 1. The lowest BCUT2D eigenvalue weighted by atomic mass is 9.96. The van der Waals surface area contributed by atoms with E-state index in [9.17, 15) is 13.2 Å². The second-order valence-electron chi connectivity index (χ2n) is 7.95. The van der Waals surface area contributed by atoms with Crippen molar-refractivity contribution in [2.24, 2.45) is 0 Å². The Morgan fingerprint density at radius 2 is 1.50 bits per heavy atom. The van der Waals surface area contributed by atoms with Crippen molar-refractivity contribution in [2.75, 3.05) is 52.2 Å². The number of anilines is 1. The van der Waals surface area contributed by atoms with Gasteiger partial charge in [-0.25, -0.2) is 0 Å². The first-order valence-corrected chi connectivity index (χ1v) is 11.5. The summed E-state index contributed by atoms with van der Waals surface area (Å²) in [6.45, 7) is 1.54.